The van der Waals surface area contributed by atoms with E-state index in [0.717, 1.165) is 12.8 Å². The van der Waals surface area contributed by atoms with Gasteiger partial charge in [-0.15, -0.1) is 0 Å². The third-order valence-corrected chi connectivity index (χ3v) is 7.62. The number of halogens is 2. The molecule has 0 radical (unpaired) electrons. The zero-order chi connectivity index (χ0) is 23.3. The highest BCUT2D eigenvalue weighted by molar-refractivity contribution is 9.11. The topological polar surface area (TPSA) is 115 Å². The Morgan fingerprint density at radius 2 is 1.84 bits per heavy atom. The molecule has 3 rings (SSSR count). The maximum atomic E-state index is 13.1. The van der Waals surface area contributed by atoms with Gasteiger partial charge in [-0.05, 0) is 74.5 Å². The highest BCUT2D eigenvalue weighted by Crippen LogP contribution is 2.39. The standard InChI is InChI=1S/C20H20Br2N2O7S/c1-29-17-5-4-14(10-18(17)32(27,28)24-6-2-3-7-24)31-20-15(21)8-13(9-16(20)22)11-23-30-12-19(25)26/h4-5,8-11H,2-3,6-7,12H2,1H3,(H,25,26)/b23-11-. The fourth-order valence-corrected chi connectivity index (χ4v) is 6.12. The van der Waals surface area contributed by atoms with Crippen LogP contribution in [0.1, 0.15) is 18.4 Å². The Hall–Kier alpha value is -2.15. The number of nitrogens with zero attached hydrogens (tertiary/aromatic N) is 2. The van der Waals surface area contributed by atoms with Crippen molar-refractivity contribution in [2.75, 3.05) is 26.8 Å². The molecule has 1 N–H and O–H groups in total. The van der Waals surface area contributed by atoms with Crippen molar-refractivity contribution < 1.29 is 32.6 Å². The number of hydrogen-bond acceptors (Lipinski definition) is 7. The quantitative estimate of drug-likeness (QED) is 0.343. The first-order chi connectivity index (χ1) is 15.2. The largest absolute Gasteiger partial charge is 0.495 e. The molecule has 12 heteroatoms. The van der Waals surface area contributed by atoms with Crippen molar-refractivity contribution in [1.82, 2.24) is 4.31 Å². The molecule has 1 fully saturated rings. The second kappa shape index (κ2) is 10.6. The highest BCUT2D eigenvalue weighted by atomic mass is 79.9. The third kappa shape index (κ3) is 5.80. The lowest BCUT2D eigenvalue weighted by Gasteiger charge is -2.19. The van der Waals surface area contributed by atoms with Crippen LogP contribution in [-0.4, -0.2) is 56.8 Å². The molecule has 1 heterocycles. The van der Waals surface area contributed by atoms with E-state index in [1.807, 2.05) is 0 Å². The summed E-state index contributed by atoms with van der Waals surface area (Å²) in [5, 5.41) is 12.2. The molecule has 0 amide bonds. The predicted molar refractivity (Wildman–Crippen MR) is 124 cm³/mol. The van der Waals surface area contributed by atoms with Crippen LogP contribution >= 0.6 is 31.9 Å². The molecule has 32 heavy (non-hydrogen) atoms. The number of rotatable bonds is 9. The van der Waals surface area contributed by atoms with Gasteiger partial charge in [0, 0.05) is 19.2 Å². The molecule has 1 saturated heterocycles. The van der Waals surface area contributed by atoms with Crippen molar-refractivity contribution in [3.8, 4) is 17.2 Å². The van der Waals surface area contributed by atoms with Crippen LogP contribution in [0.15, 0.2) is 49.3 Å². The maximum absolute atomic E-state index is 13.1. The van der Waals surface area contributed by atoms with Crippen LogP contribution in [0, 0.1) is 0 Å². The first-order valence-corrected chi connectivity index (χ1v) is 12.5. The summed E-state index contributed by atoms with van der Waals surface area (Å²) in [6, 6.07) is 8.01. The van der Waals surface area contributed by atoms with Gasteiger partial charge in [-0.3, -0.25) is 0 Å². The third-order valence-electron chi connectivity index (χ3n) is 4.52. The fourth-order valence-electron chi connectivity index (χ4n) is 3.05. The van der Waals surface area contributed by atoms with E-state index in [-0.39, 0.29) is 10.6 Å². The second-order valence-electron chi connectivity index (χ2n) is 6.74. The lowest BCUT2D eigenvalue weighted by atomic mass is 10.2. The van der Waals surface area contributed by atoms with E-state index in [9.17, 15) is 13.2 Å². The molecule has 0 atom stereocenters. The molecule has 0 aromatic heterocycles. The summed E-state index contributed by atoms with van der Waals surface area (Å²) in [5.41, 5.74) is 0.619. The van der Waals surface area contributed by atoms with E-state index in [4.69, 9.17) is 14.6 Å². The Balaban J connectivity index is 1.86. The monoisotopic (exact) mass is 590 g/mol. The molecule has 0 unspecified atom stereocenters. The van der Waals surface area contributed by atoms with Crippen LogP contribution in [0.5, 0.6) is 17.2 Å². The van der Waals surface area contributed by atoms with Crippen LogP contribution in [0.2, 0.25) is 0 Å². The van der Waals surface area contributed by atoms with Crippen molar-refractivity contribution in [2.24, 2.45) is 5.16 Å². The molecule has 0 bridgehead atoms. The van der Waals surface area contributed by atoms with Gasteiger partial charge in [0.2, 0.25) is 16.6 Å². The summed E-state index contributed by atoms with van der Waals surface area (Å²) in [6.45, 7) is 0.417. The van der Waals surface area contributed by atoms with Crippen LogP contribution in [0.3, 0.4) is 0 Å². The first-order valence-electron chi connectivity index (χ1n) is 9.44. The van der Waals surface area contributed by atoms with Crippen molar-refractivity contribution in [3.05, 3.63) is 44.8 Å². The maximum Gasteiger partial charge on any atom is 0.344 e. The lowest BCUT2D eigenvalue weighted by Crippen LogP contribution is -2.28. The van der Waals surface area contributed by atoms with E-state index < -0.39 is 22.6 Å². The minimum atomic E-state index is -3.71. The van der Waals surface area contributed by atoms with Gasteiger partial charge in [-0.1, -0.05) is 5.16 Å². The van der Waals surface area contributed by atoms with Gasteiger partial charge in [0.05, 0.1) is 22.3 Å². The fraction of sp³-hybridized carbons (Fsp3) is 0.300. The van der Waals surface area contributed by atoms with Crippen molar-refractivity contribution >= 4 is 54.1 Å². The van der Waals surface area contributed by atoms with Crippen molar-refractivity contribution in [1.29, 1.82) is 0 Å². The lowest BCUT2D eigenvalue weighted by molar-refractivity contribution is -0.142. The van der Waals surface area contributed by atoms with Gasteiger partial charge in [-0.2, -0.15) is 4.31 Å². The van der Waals surface area contributed by atoms with Crippen molar-refractivity contribution in [2.45, 2.75) is 17.7 Å². The number of carboxylic acid groups (broad SMARTS) is 1. The second-order valence-corrected chi connectivity index (χ2v) is 10.4. The Kier molecular flexibility index (Phi) is 8.15. The van der Waals surface area contributed by atoms with Gasteiger partial charge in [0.25, 0.3) is 0 Å². The SMILES string of the molecule is COc1ccc(Oc2c(Br)cc(/C=N\OCC(=O)O)cc2Br)cc1S(=O)(=O)N1CCCC1. The van der Waals surface area contributed by atoms with Gasteiger partial charge < -0.3 is 19.4 Å². The number of aliphatic carboxylic acids is 1. The molecule has 2 aromatic carbocycles. The van der Waals surface area contributed by atoms with E-state index in [0.29, 0.717) is 39.1 Å². The molecule has 2 aromatic rings. The van der Waals surface area contributed by atoms with E-state index in [2.05, 4.69) is 41.9 Å². The first kappa shape index (κ1) is 24.5. The minimum absolute atomic E-state index is 0.0472. The Morgan fingerprint density at radius 3 is 2.44 bits per heavy atom. The van der Waals surface area contributed by atoms with Crippen LogP contribution in [0.4, 0.5) is 0 Å². The zero-order valence-electron chi connectivity index (χ0n) is 17.0. The molecule has 0 saturated carbocycles. The van der Waals surface area contributed by atoms with E-state index in [1.165, 1.54) is 23.7 Å². The van der Waals surface area contributed by atoms with Gasteiger partial charge >= 0.3 is 5.97 Å². The number of hydrogen-bond donors (Lipinski definition) is 1. The summed E-state index contributed by atoms with van der Waals surface area (Å²) < 4.78 is 40.0. The summed E-state index contributed by atoms with van der Waals surface area (Å²) in [6.07, 6.45) is 3.01. The summed E-state index contributed by atoms with van der Waals surface area (Å²) in [4.78, 5) is 15.2. The summed E-state index contributed by atoms with van der Waals surface area (Å²) >= 11 is 6.85. The van der Waals surface area contributed by atoms with Crippen LogP contribution < -0.4 is 9.47 Å². The molecular formula is C20H20Br2N2O7S. The molecule has 1 aliphatic rings. The number of oxime groups is 1. The number of carboxylic acids is 1. The van der Waals surface area contributed by atoms with Gasteiger partial charge in [0.15, 0.2) is 5.75 Å². The van der Waals surface area contributed by atoms with Crippen molar-refractivity contribution in [3.63, 3.8) is 0 Å². The predicted octanol–water partition coefficient (Wildman–Crippen LogP) is 4.23. The van der Waals surface area contributed by atoms with Gasteiger partial charge in [0.1, 0.15) is 16.4 Å². The van der Waals surface area contributed by atoms with Gasteiger partial charge in [-0.25, -0.2) is 13.2 Å². The Bertz CT molecular complexity index is 1110. The zero-order valence-corrected chi connectivity index (χ0v) is 20.9. The smallest absolute Gasteiger partial charge is 0.344 e. The minimum Gasteiger partial charge on any atom is -0.495 e. The summed E-state index contributed by atoms with van der Waals surface area (Å²) in [5.74, 6) is -0.145. The number of methoxy groups -OCH3 is 1. The molecule has 0 spiro atoms. The average Bonchev–Trinajstić information content (AvgIpc) is 3.29. The average molecular weight is 592 g/mol. The number of ether oxygens (including phenoxy) is 2. The number of carbonyl (C=O) groups is 1. The molecule has 9 nitrogen and oxygen atoms in total. The number of sulfonamides is 1. The van der Waals surface area contributed by atoms with Crippen LogP contribution in [-0.2, 0) is 19.7 Å². The number of benzene rings is 2. The highest BCUT2D eigenvalue weighted by Gasteiger charge is 2.30. The van der Waals surface area contributed by atoms with E-state index in [1.54, 1.807) is 24.3 Å². The normalized spacial score (nSPS) is 14.6. The molecule has 1 aliphatic heterocycles. The molecular weight excluding hydrogens is 572 g/mol. The summed E-state index contributed by atoms with van der Waals surface area (Å²) in [7, 11) is -2.29. The Morgan fingerprint density at radius 1 is 1.19 bits per heavy atom. The molecule has 0 aliphatic carbocycles. The molecule has 172 valence electrons. The van der Waals surface area contributed by atoms with E-state index >= 15 is 0 Å². The van der Waals surface area contributed by atoms with Crippen LogP contribution in [0.25, 0.3) is 0 Å². The Labute approximate surface area is 202 Å².